The van der Waals surface area contributed by atoms with E-state index in [1.807, 2.05) is 69.2 Å². The van der Waals surface area contributed by atoms with Crippen molar-refractivity contribution in [1.29, 1.82) is 0 Å². The number of methoxy groups -OCH3 is 2. The van der Waals surface area contributed by atoms with E-state index in [1.165, 1.54) is 0 Å². The Morgan fingerprint density at radius 1 is 0.818 bits per heavy atom. The quantitative estimate of drug-likeness (QED) is 0.488. The van der Waals surface area contributed by atoms with Crippen molar-refractivity contribution in [2.24, 2.45) is 0 Å². The first-order valence-corrected chi connectivity index (χ1v) is 11.0. The summed E-state index contributed by atoms with van der Waals surface area (Å²) in [7, 11) is 7.26. The van der Waals surface area contributed by atoms with Gasteiger partial charge < -0.3 is 19.1 Å². The lowest BCUT2D eigenvalue weighted by Crippen LogP contribution is -2.31. The standard InChI is InChI=1S/C28H31NO4/c1-16-9-11-22-21(13-16)27(30)33-28(22,23-12-10-20(29(5)6)15-25(23)31-7)24-14-17(2)18(3)19(4)26(24)32-8/h9-15H,1-8H3. The lowest BCUT2D eigenvalue weighted by Gasteiger charge is -2.34. The van der Waals surface area contributed by atoms with Crippen LogP contribution in [0.5, 0.6) is 11.5 Å². The number of cyclic esters (lactones) is 1. The van der Waals surface area contributed by atoms with Gasteiger partial charge in [-0.15, -0.1) is 0 Å². The molecule has 0 N–H and O–H groups in total. The smallest absolute Gasteiger partial charge is 0.340 e. The zero-order valence-electron chi connectivity index (χ0n) is 20.6. The van der Waals surface area contributed by atoms with Gasteiger partial charge in [0.2, 0.25) is 0 Å². The fraction of sp³-hybridized carbons (Fsp3) is 0.321. The van der Waals surface area contributed by atoms with Gasteiger partial charge in [0.25, 0.3) is 0 Å². The number of carbonyl (C=O) groups excluding carboxylic acids is 1. The molecular weight excluding hydrogens is 414 g/mol. The van der Waals surface area contributed by atoms with Crippen molar-refractivity contribution < 1.29 is 19.0 Å². The van der Waals surface area contributed by atoms with Gasteiger partial charge in [-0.25, -0.2) is 4.79 Å². The van der Waals surface area contributed by atoms with E-state index in [9.17, 15) is 4.79 Å². The SMILES string of the molecule is COc1cc(N(C)C)ccc1C1(c2cc(C)c(C)c(C)c2OC)OC(=O)c2cc(C)ccc21. The molecule has 0 spiro atoms. The van der Waals surface area contributed by atoms with Crippen LogP contribution in [0.2, 0.25) is 0 Å². The largest absolute Gasteiger partial charge is 0.496 e. The number of benzene rings is 3. The number of aryl methyl sites for hydroxylation is 2. The zero-order chi connectivity index (χ0) is 24.1. The van der Waals surface area contributed by atoms with Crippen LogP contribution in [0.25, 0.3) is 0 Å². The van der Waals surface area contributed by atoms with Crippen LogP contribution in [0, 0.1) is 27.7 Å². The molecule has 1 atom stereocenters. The van der Waals surface area contributed by atoms with E-state index in [1.54, 1.807) is 14.2 Å². The Morgan fingerprint density at radius 3 is 2.15 bits per heavy atom. The van der Waals surface area contributed by atoms with Crippen LogP contribution in [0.1, 0.15) is 49.3 Å². The van der Waals surface area contributed by atoms with E-state index in [2.05, 4.69) is 19.9 Å². The molecule has 1 unspecified atom stereocenters. The molecule has 0 bridgehead atoms. The first-order valence-electron chi connectivity index (χ1n) is 11.0. The number of nitrogens with zero attached hydrogens (tertiary/aromatic N) is 1. The molecule has 0 amide bonds. The van der Waals surface area contributed by atoms with Gasteiger partial charge >= 0.3 is 5.97 Å². The second kappa shape index (κ2) is 8.14. The van der Waals surface area contributed by atoms with Crippen molar-refractivity contribution in [3.8, 4) is 11.5 Å². The Bertz CT molecular complexity index is 1260. The number of ether oxygens (including phenoxy) is 3. The number of hydrogen-bond donors (Lipinski definition) is 0. The predicted molar refractivity (Wildman–Crippen MR) is 131 cm³/mol. The third-order valence-corrected chi connectivity index (χ3v) is 6.78. The van der Waals surface area contributed by atoms with Crippen LogP contribution in [0.4, 0.5) is 5.69 Å². The fourth-order valence-electron chi connectivity index (χ4n) is 4.76. The molecule has 1 aliphatic rings. The van der Waals surface area contributed by atoms with Crippen molar-refractivity contribution in [1.82, 2.24) is 0 Å². The molecule has 3 aromatic rings. The van der Waals surface area contributed by atoms with Crippen molar-refractivity contribution in [3.05, 3.63) is 87.0 Å². The average molecular weight is 446 g/mol. The molecule has 0 saturated heterocycles. The Balaban J connectivity index is 2.17. The molecule has 0 aromatic heterocycles. The minimum absolute atomic E-state index is 0.356. The van der Waals surface area contributed by atoms with E-state index < -0.39 is 5.60 Å². The van der Waals surface area contributed by atoms with Crippen LogP contribution in [0.3, 0.4) is 0 Å². The van der Waals surface area contributed by atoms with Crippen molar-refractivity contribution in [2.75, 3.05) is 33.2 Å². The van der Waals surface area contributed by atoms with Crippen LogP contribution in [0.15, 0.2) is 42.5 Å². The first kappa shape index (κ1) is 22.7. The Labute approximate surface area is 195 Å². The Hall–Kier alpha value is -3.47. The molecule has 0 saturated carbocycles. The number of rotatable bonds is 5. The maximum atomic E-state index is 13.3. The summed E-state index contributed by atoms with van der Waals surface area (Å²) in [6.45, 7) is 8.16. The van der Waals surface area contributed by atoms with E-state index in [4.69, 9.17) is 14.2 Å². The lowest BCUT2D eigenvalue weighted by molar-refractivity contribution is 0.0238. The van der Waals surface area contributed by atoms with E-state index in [0.29, 0.717) is 17.1 Å². The molecule has 4 rings (SSSR count). The zero-order valence-corrected chi connectivity index (χ0v) is 20.6. The summed E-state index contributed by atoms with van der Waals surface area (Å²) in [5, 5.41) is 0. The number of anilines is 1. The topological polar surface area (TPSA) is 48.0 Å². The van der Waals surface area contributed by atoms with E-state index in [0.717, 1.165) is 44.6 Å². The fourth-order valence-corrected chi connectivity index (χ4v) is 4.76. The van der Waals surface area contributed by atoms with Crippen LogP contribution in [-0.2, 0) is 10.3 Å². The summed E-state index contributed by atoms with van der Waals surface area (Å²) in [6, 6.07) is 13.9. The van der Waals surface area contributed by atoms with Crippen LogP contribution >= 0.6 is 0 Å². The molecule has 1 heterocycles. The van der Waals surface area contributed by atoms with Gasteiger partial charge in [0.1, 0.15) is 11.5 Å². The number of fused-ring (bicyclic) bond motifs is 1. The summed E-state index contributed by atoms with van der Waals surface area (Å²) in [5.74, 6) is 0.990. The normalized spacial score (nSPS) is 16.9. The lowest BCUT2D eigenvalue weighted by atomic mass is 9.77. The second-order valence-corrected chi connectivity index (χ2v) is 8.92. The highest BCUT2D eigenvalue weighted by Gasteiger charge is 2.52. The second-order valence-electron chi connectivity index (χ2n) is 8.92. The van der Waals surface area contributed by atoms with Crippen LogP contribution < -0.4 is 14.4 Å². The molecule has 0 aliphatic carbocycles. The minimum Gasteiger partial charge on any atom is -0.496 e. The molecule has 0 fully saturated rings. The van der Waals surface area contributed by atoms with Gasteiger partial charge in [0.15, 0.2) is 5.60 Å². The third-order valence-electron chi connectivity index (χ3n) is 6.78. The molecule has 1 aliphatic heterocycles. The molecule has 0 radical (unpaired) electrons. The first-order chi connectivity index (χ1) is 15.6. The summed E-state index contributed by atoms with van der Waals surface area (Å²) in [4.78, 5) is 15.3. The predicted octanol–water partition coefficient (Wildman–Crippen LogP) is 5.47. The summed E-state index contributed by atoms with van der Waals surface area (Å²) >= 11 is 0. The van der Waals surface area contributed by atoms with Crippen molar-refractivity contribution in [2.45, 2.75) is 33.3 Å². The maximum absolute atomic E-state index is 13.3. The summed E-state index contributed by atoms with van der Waals surface area (Å²) in [5.41, 5.74) is 6.95. The van der Waals surface area contributed by atoms with Gasteiger partial charge in [-0.3, -0.25) is 0 Å². The maximum Gasteiger partial charge on any atom is 0.340 e. The highest BCUT2D eigenvalue weighted by molar-refractivity contribution is 5.97. The highest BCUT2D eigenvalue weighted by atomic mass is 16.6. The van der Waals surface area contributed by atoms with Crippen molar-refractivity contribution >= 4 is 11.7 Å². The van der Waals surface area contributed by atoms with Gasteiger partial charge in [-0.1, -0.05) is 17.7 Å². The highest BCUT2D eigenvalue weighted by Crippen LogP contribution is 2.53. The third kappa shape index (κ3) is 3.34. The monoisotopic (exact) mass is 445 g/mol. The molecule has 5 nitrogen and oxygen atoms in total. The van der Waals surface area contributed by atoms with Gasteiger partial charge in [-0.2, -0.15) is 0 Å². The van der Waals surface area contributed by atoms with Gasteiger partial charge in [0.05, 0.1) is 19.8 Å². The van der Waals surface area contributed by atoms with E-state index in [-0.39, 0.29) is 5.97 Å². The van der Waals surface area contributed by atoms with Crippen LogP contribution in [-0.4, -0.2) is 34.3 Å². The number of esters is 1. The summed E-state index contributed by atoms with van der Waals surface area (Å²) in [6.07, 6.45) is 0. The number of carbonyl (C=O) groups is 1. The molecule has 172 valence electrons. The molecular formula is C28H31NO4. The average Bonchev–Trinajstić information content (AvgIpc) is 3.09. The van der Waals surface area contributed by atoms with Gasteiger partial charge in [0, 0.05) is 42.5 Å². The number of hydrogen-bond acceptors (Lipinski definition) is 5. The Morgan fingerprint density at radius 2 is 1.52 bits per heavy atom. The minimum atomic E-state index is -1.20. The summed E-state index contributed by atoms with van der Waals surface area (Å²) < 4.78 is 18.2. The van der Waals surface area contributed by atoms with Gasteiger partial charge in [-0.05, 0) is 68.7 Å². The molecule has 3 aromatic carbocycles. The molecule has 5 heteroatoms. The molecule has 33 heavy (non-hydrogen) atoms. The Kier molecular flexibility index (Phi) is 5.61. The van der Waals surface area contributed by atoms with E-state index >= 15 is 0 Å². The van der Waals surface area contributed by atoms with Crippen molar-refractivity contribution in [3.63, 3.8) is 0 Å².